The summed E-state index contributed by atoms with van der Waals surface area (Å²) in [6.07, 6.45) is 0. The van der Waals surface area contributed by atoms with Gasteiger partial charge in [-0.15, -0.1) is 11.3 Å². The SMILES string of the molecule is CCOC(=O)c1cccc(NC(C)c2cccs2)c1. The highest BCUT2D eigenvalue weighted by Crippen LogP contribution is 2.23. The molecule has 1 aromatic heterocycles. The topological polar surface area (TPSA) is 38.3 Å². The summed E-state index contributed by atoms with van der Waals surface area (Å²) in [5.74, 6) is -0.282. The predicted octanol–water partition coefficient (Wildman–Crippen LogP) is 4.10. The second kappa shape index (κ2) is 6.38. The molecule has 2 aromatic rings. The predicted molar refractivity (Wildman–Crippen MR) is 78.8 cm³/mol. The van der Waals surface area contributed by atoms with Crippen molar-refractivity contribution in [2.75, 3.05) is 11.9 Å². The molecular weight excluding hydrogens is 258 g/mol. The van der Waals surface area contributed by atoms with Gasteiger partial charge in [-0.1, -0.05) is 12.1 Å². The molecule has 0 amide bonds. The second-order valence-corrected chi connectivity index (χ2v) is 5.16. The van der Waals surface area contributed by atoms with Crippen molar-refractivity contribution in [1.29, 1.82) is 0 Å². The number of hydrogen-bond acceptors (Lipinski definition) is 4. The summed E-state index contributed by atoms with van der Waals surface area (Å²) in [4.78, 5) is 12.9. The summed E-state index contributed by atoms with van der Waals surface area (Å²) in [7, 11) is 0. The van der Waals surface area contributed by atoms with Crippen LogP contribution in [-0.2, 0) is 4.74 Å². The number of carbonyl (C=O) groups excluding carboxylic acids is 1. The Morgan fingerprint density at radius 1 is 1.37 bits per heavy atom. The lowest BCUT2D eigenvalue weighted by atomic mass is 10.2. The summed E-state index contributed by atoms with van der Waals surface area (Å²) in [5, 5.41) is 5.44. The number of thiophene rings is 1. The fourth-order valence-electron chi connectivity index (χ4n) is 1.81. The van der Waals surface area contributed by atoms with Crippen LogP contribution in [0.25, 0.3) is 0 Å². The Hall–Kier alpha value is -1.81. The fourth-order valence-corrected chi connectivity index (χ4v) is 2.54. The molecule has 3 nitrogen and oxygen atoms in total. The molecular formula is C15H17NO2S. The van der Waals surface area contributed by atoms with E-state index in [9.17, 15) is 4.79 Å². The van der Waals surface area contributed by atoms with E-state index in [-0.39, 0.29) is 12.0 Å². The van der Waals surface area contributed by atoms with Crippen molar-refractivity contribution in [3.05, 3.63) is 52.2 Å². The van der Waals surface area contributed by atoms with Gasteiger partial charge < -0.3 is 10.1 Å². The van der Waals surface area contributed by atoms with E-state index in [0.717, 1.165) is 5.69 Å². The normalized spacial score (nSPS) is 11.9. The van der Waals surface area contributed by atoms with Gasteiger partial charge in [0, 0.05) is 10.6 Å². The maximum Gasteiger partial charge on any atom is 0.338 e. The summed E-state index contributed by atoms with van der Waals surface area (Å²) >= 11 is 1.71. The zero-order chi connectivity index (χ0) is 13.7. The van der Waals surface area contributed by atoms with Crippen LogP contribution in [0.1, 0.15) is 35.1 Å². The van der Waals surface area contributed by atoms with Gasteiger partial charge >= 0.3 is 5.97 Å². The molecule has 1 unspecified atom stereocenters. The Bertz CT molecular complexity index is 537. The zero-order valence-electron chi connectivity index (χ0n) is 11.1. The van der Waals surface area contributed by atoms with Crippen molar-refractivity contribution >= 4 is 23.0 Å². The van der Waals surface area contributed by atoms with E-state index in [1.54, 1.807) is 24.3 Å². The van der Waals surface area contributed by atoms with E-state index in [1.807, 2.05) is 24.3 Å². The number of hydrogen-bond donors (Lipinski definition) is 1. The van der Waals surface area contributed by atoms with E-state index in [4.69, 9.17) is 4.74 Å². The van der Waals surface area contributed by atoms with Gasteiger partial charge in [-0.25, -0.2) is 4.79 Å². The molecule has 0 saturated carbocycles. The summed E-state index contributed by atoms with van der Waals surface area (Å²) < 4.78 is 5.00. The van der Waals surface area contributed by atoms with Crippen LogP contribution in [0.3, 0.4) is 0 Å². The third-order valence-corrected chi connectivity index (χ3v) is 3.78. The van der Waals surface area contributed by atoms with Gasteiger partial charge in [0.1, 0.15) is 0 Å². The minimum atomic E-state index is -0.282. The van der Waals surface area contributed by atoms with Crippen molar-refractivity contribution in [2.24, 2.45) is 0 Å². The Kier molecular flexibility index (Phi) is 4.58. The van der Waals surface area contributed by atoms with E-state index in [0.29, 0.717) is 12.2 Å². The number of benzene rings is 1. The van der Waals surface area contributed by atoms with Crippen molar-refractivity contribution < 1.29 is 9.53 Å². The van der Waals surface area contributed by atoms with Crippen LogP contribution >= 0.6 is 11.3 Å². The third kappa shape index (κ3) is 3.58. The number of ether oxygens (including phenoxy) is 1. The first kappa shape index (κ1) is 13.6. The number of carbonyl (C=O) groups is 1. The van der Waals surface area contributed by atoms with E-state index < -0.39 is 0 Å². The van der Waals surface area contributed by atoms with Crippen LogP contribution in [0.5, 0.6) is 0 Å². The largest absolute Gasteiger partial charge is 0.462 e. The first-order valence-electron chi connectivity index (χ1n) is 6.28. The standard InChI is InChI=1S/C15H17NO2S/c1-3-18-15(17)12-6-4-7-13(10-12)16-11(2)14-8-5-9-19-14/h4-11,16H,3H2,1-2H3. The lowest BCUT2D eigenvalue weighted by Crippen LogP contribution is -2.08. The average molecular weight is 275 g/mol. The molecule has 100 valence electrons. The van der Waals surface area contributed by atoms with Gasteiger partial charge in [0.2, 0.25) is 0 Å². The second-order valence-electron chi connectivity index (χ2n) is 4.18. The summed E-state index contributed by atoms with van der Waals surface area (Å²) in [6.45, 7) is 4.30. The molecule has 0 aliphatic carbocycles. The average Bonchev–Trinajstić information content (AvgIpc) is 2.93. The molecule has 0 bridgehead atoms. The Morgan fingerprint density at radius 3 is 2.89 bits per heavy atom. The molecule has 2 rings (SSSR count). The van der Waals surface area contributed by atoms with Crippen LogP contribution < -0.4 is 5.32 Å². The van der Waals surface area contributed by atoms with Crippen molar-refractivity contribution in [3.8, 4) is 0 Å². The summed E-state index contributed by atoms with van der Waals surface area (Å²) in [5.41, 5.74) is 1.50. The number of esters is 1. The molecule has 19 heavy (non-hydrogen) atoms. The first-order chi connectivity index (χ1) is 9.20. The van der Waals surface area contributed by atoms with Gasteiger partial charge in [0.25, 0.3) is 0 Å². The van der Waals surface area contributed by atoms with Gasteiger partial charge in [0.05, 0.1) is 18.2 Å². The fraction of sp³-hybridized carbons (Fsp3) is 0.267. The van der Waals surface area contributed by atoms with Crippen LogP contribution in [0.2, 0.25) is 0 Å². The molecule has 0 aliphatic rings. The van der Waals surface area contributed by atoms with Gasteiger partial charge in [-0.05, 0) is 43.5 Å². The van der Waals surface area contributed by atoms with Gasteiger partial charge in [0.15, 0.2) is 0 Å². The molecule has 1 aromatic carbocycles. The molecule has 1 atom stereocenters. The molecule has 0 radical (unpaired) electrons. The number of anilines is 1. The smallest absolute Gasteiger partial charge is 0.338 e. The molecule has 1 heterocycles. The van der Waals surface area contributed by atoms with Crippen molar-refractivity contribution in [1.82, 2.24) is 0 Å². The Labute approximate surface area is 117 Å². The zero-order valence-corrected chi connectivity index (χ0v) is 11.9. The molecule has 0 saturated heterocycles. The summed E-state index contributed by atoms with van der Waals surface area (Å²) in [6, 6.07) is 11.7. The lowest BCUT2D eigenvalue weighted by Gasteiger charge is -2.14. The first-order valence-corrected chi connectivity index (χ1v) is 7.15. The minimum Gasteiger partial charge on any atom is -0.462 e. The highest BCUT2D eigenvalue weighted by atomic mass is 32.1. The van der Waals surface area contributed by atoms with E-state index >= 15 is 0 Å². The molecule has 0 fully saturated rings. The maximum absolute atomic E-state index is 11.7. The highest BCUT2D eigenvalue weighted by molar-refractivity contribution is 7.10. The van der Waals surface area contributed by atoms with Gasteiger partial charge in [-0.2, -0.15) is 0 Å². The lowest BCUT2D eigenvalue weighted by molar-refractivity contribution is 0.0526. The van der Waals surface area contributed by atoms with Crippen LogP contribution in [-0.4, -0.2) is 12.6 Å². The van der Waals surface area contributed by atoms with E-state index in [1.165, 1.54) is 4.88 Å². The molecule has 0 spiro atoms. The van der Waals surface area contributed by atoms with Gasteiger partial charge in [-0.3, -0.25) is 0 Å². The Balaban J connectivity index is 2.09. The van der Waals surface area contributed by atoms with Crippen LogP contribution in [0.4, 0.5) is 5.69 Å². The number of rotatable bonds is 5. The van der Waals surface area contributed by atoms with Crippen LogP contribution in [0.15, 0.2) is 41.8 Å². The minimum absolute atomic E-state index is 0.220. The Morgan fingerprint density at radius 2 is 2.21 bits per heavy atom. The molecule has 1 N–H and O–H groups in total. The monoisotopic (exact) mass is 275 g/mol. The van der Waals surface area contributed by atoms with E-state index in [2.05, 4.69) is 23.7 Å². The quantitative estimate of drug-likeness (QED) is 0.835. The van der Waals surface area contributed by atoms with Crippen LogP contribution in [0, 0.1) is 0 Å². The molecule has 0 aliphatic heterocycles. The maximum atomic E-state index is 11.7. The highest BCUT2D eigenvalue weighted by Gasteiger charge is 2.09. The van der Waals surface area contributed by atoms with Crippen molar-refractivity contribution in [2.45, 2.75) is 19.9 Å². The van der Waals surface area contributed by atoms with Crippen molar-refractivity contribution in [3.63, 3.8) is 0 Å². The number of nitrogens with one attached hydrogen (secondary N) is 1. The molecule has 4 heteroatoms. The third-order valence-electron chi connectivity index (χ3n) is 2.73.